The normalized spacial score (nSPS) is 12.4. The highest BCUT2D eigenvalue weighted by molar-refractivity contribution is 7.47. The van der Waals surface area contributed by atoms with Crippen molar-refractivity contribution in [1.29, 1.82) is 0 Å². The van der Waals surface area contributed by atoms with Crippen LogP contribution in [0.2, 0.25) is 0 Å². The third-order valence-corrected chi connectivity index (χ3v) is 1.44. The summed E-state index contributed by atoms with van der Waals surface area (Å²) in [6.07, 6.45) is -0.687. The Morgan fingerprint density at radius 1 is 1.46 bits per heavy atom. The summed E-state index contributed by atoms with van der Waals surface area (Å²) >= 11 is 4.23. The zero-order valence-electron chi connectivity index (χ0n) is 8.83. The minimum absolute atomic E-state index is 0.530. The van der Waals surface area contributed by atoms with Crippen LogP contribution in [0, 0.1) is 0 Å². The molecule has 0 aromatic heterocycles. The van der Waals surface area contributed by atoms with E-state index in [2.05, 4.69) is 16.8 Å². The van der Waals surface area contributed by atoms with Crippen LogP contribution in [0.1, 0.15) is 13.8 Å². The van der Waals surface area contributed by atoms with E-state index in [1.54, 1.807) is 0 Å². The van der Waals surface area contributed by atoms with Gasteiger partial charge < -0.3 is 9.22 Å². The van der Waals surface area contributed by atoms with E-state index in [9.17, 15) is 4.79 Å². The Morgan fingerprint density at radius 3 is 2.23 bits per heavy atom. The third-order valence-electron chi connectivity index (χ3n) is 1.29. The van der Waals surface area contributed by atoms with Crippen LogP contribution >= 0.6 is 0 Å². The molecule has 0 fully saturated rings. The molecular weight excluding hydrogens is 188 g/mol. The van der Waals surface area contributed by atoms with Gasteiger partial charge in [0.05, 0.1) is 21.1 Å². The molecule has 0 aromatic rings. The second kappa shape index (κ2) is 4.11. The second-order valence-corrected chi connectivity index (χ2v) is 4.85. The lowest BCUT2D eigenvalue weighted by Gasteiger charge is -2.33. The highest BCUT2D eigenvalue weighted by Gasteiger charge is 2.29. The average Bonchev–Trinajstić information content (AvgIpc) is 1.80. The SMILES string of the molecule is CC(C)(C[N+](C)(C)C)OC(=O)N=S. The number of hydrogen-bond acceptors (Lipinski definition) is 3. The number of rotatable bonds is 3. The number of ether oxygens (including phenoxy) is 1. The largest absolute Gasteiger partial charge is 0.445 e. The molecule has 0 atom stereocenters. The summed E-state index contributed by atoms with van der Waals surface area (Å²) in [4.78, 5) is 10.8. The smallest absolute Gasteiger partial charge is 0.435 e. The minimum Gasteiger partial charge on any atom is -0.435 e. The van der Waals surface area contributed by atoms with E-state index in [1.807, 2.05) is 35.0 Å². The zero-order valence-corrected chi connectivity index (χ0v) is 9.64. The maximum Gasteiger partial charge on any atom is 0.445 e. The molecule has 0 aliphatic rings. The Labute approximate surface area is 84.6 Å². The molecule has 0 unspecified atom stereocenters. The van der Waals surface area contributed by atoms with Crippen LogP contribution < -0.4 is 0 Å². The molecule has 1 amide bonds. The molecule has 0 aromatic carbocycles. The van der Waals surface area contributed by atoms with Crippen LogP contribution in [0.15, 0.2) is 4.36 Å². The van der Waals surface area contributed by atoms with E-state index in [4.69, 9.17) is 4.74 Å². The Hall–Kier alpha value is -0.550. The van der Waals surface area contributed by atoms with Gasteiger partial charge in [-0.3, -0.25) is 0 Å². The summed E-state index contributed by atoms with van der Waals surface area (Å²) in [5, 5.41) is 0. The van der Waals surface area contributed by atoms with Crippen molar-refractivity contribution in [2.24, 2.45) is 4.36 Å². The van der Waals surface area contributed by atoms with Crippen molar-refractivity contribution < 1.29 is 14.0 Å². The van der Waals surface area contributed by atoms with Gasteiger partial charge in [-0.15, -0.1) is 4.36 Å². The summed E-state index contributed by atoms with van der Waals surface area (Å²) in [6, 6.07) is 0. The van der Waals surface area contributed by atoms with Crippen LogP contribution in [0.4, 0.5) is 4.79 Å². The van der Waals surface area contributed by atoms with Crippen molar-refractivity contribution >= 4 is 18.5 Å². The van der Waals surface area contributed by atoms with Crippen molar-refractivity contribution in [3.05, 3.63) is 0 Å². The van der Waals surface area contributed by atoms with Crippen LogP contribution in [0.3, 0.4) is 0 Å². The first kappa shape index (κ1) is 12.4. The van der Waals surface area contributed by atoms with Crippen LogP contribution in [-0.2, 0) is 17.2 Å². The molecule has 0 aliphatic heterocycles. The molecule has 0 heterocycles. The van der Waals surface area contributed by atoms with Gasteiger partial charge in [-0.1, -0.05) is 0 Å². The quantitative estimate of drug-likeness (QED) is 0.653. The van der Waals surface area contributed by atoms with E-state index in [0.29, 0.717) is 6.54 Å². The molecule has 76 valence electrons. The Bertz CT molecular complexity index is 209. The molecule has 0 spiro atoms. The maximum absolute atomic E-state index is 10.8. The van der Waals surface area contributed by atoms with Crippen molar-refractivity contribution in [3.8, 4) is 0 Å². The van der Waals surface area contributed by atoms with Gasteiger partial charge in [0.1, 0.15) is 6.54 Å². The molecule has 5 heteroatoms. The van der Waals surface area contributed by atoms with Crippen LogP contribution in [0.25, 0.3) is 0 Å². The molecule has 0 N–H and O–H groups in total. The molecule has 0 saturated carbocycles. The molecule has 0 aliphatic carbocycles. The molecule has 0 bridgehead atoms. The lowest BCUT2D eigenvalue weighted by molar-refractivity contribution is -0.876. The van der Waals surface area contributed by atoms with Crippen molar-refractivity contribution in [1.82, 2.24) is 0 Å². The van der Waals surface area contributed by atoms with Gasteiger partial charge in [-0.2, -0.15) is 0 Å². The number of carbonyl (C=O) groups excluding carboxylic acids is 1. The summed E-state index contributed by atoms with van der Waals surface area (Å²) < 4.78 is 8.78. The summed E-state index contributed by atoms with van der Waals surface area (Å²) in [5.41, 5.74) is -0.530. The lowest BCUT2D eigenvalue weighted by atomic mass is 10.1. The molecule has 13 heavy (non-hydrogen) atoms. The van der Waals surface area contributed by atoms with Crippen LogP contribution in [-0.4, -0.2) is 43.9 Å². The van der Waals surface area contributed by atoms with Crippen molar-refractivity contribution in [2.45, 2.75) is 19.4 Å². The number of likely N-dealkylation sites (N-methyl/N-ethyl adjacent to an activating group) is 1. The summed E-state index contributed by atoms with van der Waals surface area (Å²) in [7, 11) is 6.08. The molecule has 0 radical (unpaired) electrons. The molecule has 0 saturated heterocycles. The number of nitrogens with zero attached hydrogens (tertiary/aromatic N) is 2. The standard InChI is InChI=1S/C8H17N2O2S/c1-8(2,6-10(3,4)5)12-7(11)9-13/h6H2,1-5H3/q+1. The van der Waals surface area contributed by atoms with Gasteiger partial charge in [0.25, 0.3) is 0 Å². The van der Waals surface area contributed by atoms with E-state index >= 15 is 0 Å². The zero-order chi connectivity index (χ0) is 10.7. The second-order valence-electron chi connectivity index (χ2n) is 4.67. The van der Waals surface area contributed by atoms with Gasteiger partial charge in [0, 0.05) is 12.4 Å². The van der Waals surface area contributed by atoms with Crippen molar-refractivity contribution in [3.63, 3.8) is 0 Å². The monoisotopic (exact) mass is 205 g/mol. The molecule has 0 rings (SSSR count). The number of quaternary nitrogens is 1. The number of carbonyl (C=O) groups is 1. The average molecular weight is 205 g/mol. The first-order chi connectivity index (χ1) is 5.66. The highest BCUT2D eigenvalue weighted by atomic mass is 32.1. The fourth-order valence-electron chi connectivity index (χ4n) is 1.43. The van der Waals surface area contributed by atoms with E-state index in [-0.39, 0.29) is 0 Å². The topological polar surface area (TPSA) is 38.7 Å². The fraction of sp³-hybridized carbons (Fsp3) is 0.875. The van der Waals surface area contributed by atoms with Gasteiger partial charge in [0.2, 0.25) is 0 Å². The first-order valence-electron chi connectivity index (χ1n) is 4.03. The Balaban J connectivity index is 4.24. The van der Waals surface area contributed by atoms with Gasteiger partial charge >= 0.3 is 6.09 Å². The highest BCUT2D eigenvalue weighted by Crippen LogP contribution is 2.13. The molecular formula is C8H17N2O2S+. The lowest BCUT2D eigenvalue weighted by Crippen LogP contribution is -2.48. The third kappa shape index (κ3) is 6.60. The number of amides is 1. The Morgan fingerprint density at radius 2 is 1.92 bits per heavy atom. The van der Waals surface area contributed by atoms with E-state index < -0.39 is 11.7 Å². The first-order valence-corrected chi connectivity index (χ1v) is 4.40. The fourth-order valence-corrected chi connectivity index (χ4v) is 1.47. The number of hydrogen-bond donors (Lipinski definition) is 0. The Kier molecular flexibility index (Phi) is 3.93. The van der Waals surface area contributed by atoms with Crippen molar-refractivity contribution in [2.75, 3.05) is 27.7 Å². The van der Waals surface area contributed by atoms with E-state index in [0.717, 1.165) is 4.48 Å². The summed E-state index contributed by atoms with van der Waals surface area (Å²) in [6.45, 7) is 4.40. The maximum atomic E-state index is 10.8. The van der Waals surface area contributed by atoms with Gasteiger partial charge in [0.15, 0.2) is 5.60 Å². The van der Waals surface area contributed by atoms with Crippen LogP contribution in [0.5, 0.6) is 0 Å². The minimum atomic E-state index is -0.687. The molecule has 4 nitrogen and oxygen atoms in total. The van der Waals surface area contributed by atoms with E-state index in [1.165, 1.54) is 0 Å². The summed E-state index contributed by atoms with van der Waals surface area (Å²) in [5.74, 6) is 0. The van der Waals surface area contributed by atoms with Gasteiger partial charge in [-0.25, -0.2) is 4.79 Å². The predicted octanol–water partition coefficient (Wildman–Crippen LogP) is 1.34. The predicted molar refractivity (Wildman–Crippen MR) is 53.3 cm³/mol. The van der Waals surface area contributed by atoms with Gasteiger partial charge in [-0.05, 0) is 13.8 Å².